The Hall–Kier alpha value is -3.53. The number of carbonyl (C=O) groups excluding carboxylic acids is 1. The first-order valence-corrected chi connectivity index (χ1v) is 13.0. The van der Waals surface area contributed by atoms with Crippen LogP contribution in [0, 0.1) is 0 Å². The number of pyridine rings is 2. The molecule has 1 amide bonds. The van der Waals surface area contributed by atoms with Crippen molar-refractivity contribution >= 4 is 16.9 Å². The Morgan fingerprint density at radius 2 is 1.92 bits per heavy atom. The molecule has 0 aromatic carbocycles. The average molecular weight is 509 g/mol. The third-order valence-electron chi connectivity index (χ3n) is 6.28. The van der Waals surface area contributed by atoms with Gasteiger partial charge in [-0.3, -0.25) is 14.2 Å². The number of likely N-dealkylation sites (tertiary alicyclic amines) is 1. The Labute approximate surface area is 217 Å². The van der Waals surface area contributed by atoms with Gasteiger partial charge in [-0.2, -0.15) is 0 Å². The highest BCUT2D eigenvalue weighted by Crippen LogP contribution is 2.21. The highest BCUT2D eigenvalue weighted by molar-refractivity contribution is 5.80. The van der Waals surface area contributed by atoms with Crippen LogP contribution in [0.3, 0.4) is 0 Å². The minimum absolute atomic E-state index is 0.0639. The number of nitrogens with one attached hydrogen (secondary N) is 1. The second-order valence-electron chi connectivity index (χ2n) is 9.61. The van der Waals surface area contributed by atoms with Crippen LogP contribution in [0.25, 0.3) is 22.6 Å². The molecule has 4 heterocycles. The number of nitrogens with zero attached hydrogens (tertiary/aromatic N) is 5. The van der Waals surface area contributed by atoms with Gasteiger partial charge in [0, 0.05) is 18.7 Å². The van der Waals surface area contributed by atoms with Crippen LogP contribution in [-0.4, -0.2) is 69.7 Å². The highest BCUT2D eigenvalue weighted by atomic mass is 16.5. The largest absolute Gasteiger partial charge is 0.492 e. The number of methoxy groups -OCH3 is 1. The number of aromatic nitrogens is 4. The molecule has 1 N–H and O–H groups in total. The van der Waals surface area contributed by atoms with Gasteiger partial charge in [0.05, 0.1) is 25.3 Å². The standard InChI is InChI=1S/C27H36N6O4/c1-19(2)29-23(34)18-33-26(22-10-8-11-24(30-22)36-3)31-25-21(27(33)35)16-20(17-28-25)37-15-9-14-32-12-6-4-5-7-13-32/h8,10-11,16-17,19H,4-7,9,12-15,18H2,1-3H3,(H,29,34). The molecule has 0 atom stereocenters. The van der Waals surface area contributed by atoms with E-state index in [0.717, 1.165) is 26.1 Å². The monoisotopic (exact) mass is 508 g/mol. The minimum atomic E-state index is -0.383. The number of fused-ring (bicyclic) bond motifs is 1. The van der Waals surface area contributed by atoms with Gasteiger partial charge in [-0.15, -0.1) is 0 Å². The van der Waals surface area contributed by atoms with Gasteiger partial charge in [-0.1, -0.05) is 18.9 Å². The van der Waals surface area contributed by atoms with Crippen molar-refractivity contribution < 1.29 is 14.3 Å². The molecule has 10 heteroatoms. The van der Waals surface area contributed by atoms with E-state index in [-0.39, 0.29) is 40.9 Å². The molecular weight excluding hydrogens is 472 g/mol. The lowest BCUT2D eigenvalue weighted by Crippen LogP contribution is -2.37. The Morgan fingerprint density at radius 1 is 1.14 bits per heavy atom. The molecule has 4 rings (SSSR count). The lowest BCUT2D eigenvalue weighted by Gasteiger charge is -2.19. The fraction of sp³-hybridized carbons (Fsp3) is 0.519. The second-order valence-corrected chi connectivity index (χ2v) is 9.61. The van der Waals surface area contributed by atoms with E-state index in [0.29, 0.717) is 23.9 Å². The van der Waals surface area contributed by atoms with Gasteiger partial charge in [-0.05, 0) is 58.3 Å². The molecule has 0 spiro atoms. The summed E-state index contributed by atoms with van der Waals surface area (Å²) in [6.45, 7) is 7.36. The average Bonchev–Trinajstić information content (AvgIpc) is 3.17. The van der Waals surface area contributed by atoms with E-state index in [1.54, 1.807) is 30.5 Å². The highest BCUT2D eigenvalue weighted by Gasteiger charge is 2.19. The zero-order valence-corrected chi connectivity index (χ0v) is 21.9. The number of carbonyl (C=O) groups is 1. The van der Waals surface area contributed by atoms with Gasteiger partial charge in [0.2, 0.25) is 11.8 Å². The van der Waals surface area contributed by atoms with Crippen molar-refractivity contribution in [1.29, 1.82) is 0 Å². The smallest absolute Gasteiger partial charge is 0.263 e. The topological polar surface area (TPSA) is 111 Å². The first-order valence-electron chi connectivity index (χ1n) is 13.0. The molecule has 3 aromatic rings. The lowest BCUT2D eigenvalue weighted by molar-refractivity contribution is -0.122. The lowest BCUT2D eigenvalue weighted by atomic mass is 10.2. The Kier molecular flexibility index (Phi) is 9.05. The van der Waals surface area contributed by atoms with E-state index < -0.39 is 0 Å². The van der Waals surface area contributed by atoms with Crippen LogP contribution in [-0.2, 0) is 11.3 Å². The van der Waals surface area contributed by atoms with E-state index in [1.807, 2.05) is 13.8 Å². The summed E-state index contributed by atoms with van der Waals surface area (Å²) in [5, 5.41) is 3.11. The molecule has 0 radical (unpaired) electrons. The number of amides is 1. The second kappa shape index (κ2) is 12.6. The van der Waals surface area contributed by atoms with Crippen molar-refractivity contribution in [3.05, 3.63) is 40.8 Å². The van der Waals surface area contributed by atoms with Gasteiger partial charge in [0.25, 0.3) is 5.56 Å². The molecule has 1 fully saturated rings. The maximum Gasteiger partial charge on any atom is 0.263 e. The quantitative estimate of drug-likeness (QED) is 0.416. The summed E-state index contributed by atoms with van der Waals surface area (Å²) in [6.07, 6.45) is 7.64. The molecule has 0 bridgehead atoms. The molecule has 37 heavy (non-hydrogen) atoms. The SMILES string of the molecule is COc1cccc(-c2nc3ncc(OCCCN4CCCCCC4)cc3c(=O)n2CC(=O)NC(C)C)n1. The molecule has 0 saturated carbocycles. The van der Waals surface area contributed by atoms with Crippen LogP contribution in [0.1, 0.15) is 46.0 Å². The van der Waals surface area contributed by atoms with Crippen molar-refractivity contribution in [2.24, 2.45) is 0 Å². The first-order chi connectivity index (χ1) is 17.9. The Bertz CT molecular complexity index is 1270. The fourth-order valence-electron chi connectivity index (χ4n) is 4.51. The predicted octanol–water partition coefficient (Wildman–Crippen LogP) is 3.03. The summed E-state index contributed by atoms with van der Waals surface area (Å²) in [4.78, 5) is 42.1. The molecule has 198 valence electrons. The normalized spacial score (nSPS) is 14.5. The van der Waals surface area contributed by atoms with Crippen LogP contribution in [0.5, 0.6) is 11.6 Å². The van der Waals surface area contributed by atoms with Crippen molar-refractivity contribution in [3.8, 4) is 23.1 Å². The van der Waals surface area contributed by atoms with Crippen LogP contribution < -0.4 is 20.3 Å². The van der Waals surface area contributed by atoms with E-state index in [1.165, 1.54) is 37.4 Å². The van der Waals surface area contributed by atoms with Gasteiger partial charge in [-0.25, -0.2) is 15.0 Å². The molecule has 3 aromatic heterocycles. The number of hydrogen-bond donors (Lipinski definition) is 1. The number of ether oxygens (including phenoxy) is 2. The van der Waals surface area contributed by atoms with Crippen molar-refractivity contribution in [3.63, 3.8) is 0 Å². The zero-order chi connectivity index (χ0) is 26.2. The third-order valence-corrected chi connectivity index (χ3v) is 6.28. The fourth-order valence-corrected chi connectivity index (χ4v) is 4.51. The van der Waals surface area contributed by atoms with Crippen LogP contribution in [0.15, 0.2) is 35.3 Å². The summed E-state index contributed by atoms with van der Waals surface area (Å²) >= 11 is 0. The summed E-state index contributed by atoms with van der Waals surface area (Å²) < 4.78 is 12.5. The number of rotatable bonds is 10. The van der Waals surface area contributed by atoms with Gasteiger partial charge >= 0.3 is 0 Å². The minimum Gasteiger partial charge on any atom is -0.492 e. The summed E-state index contributed by atoms with van der Waals surface area (Å²) in [7, 11) is 1.51. The number of hydrogen-bond acceptors (Lipinski definition) is 8. The van der Waals surface area contributed by atoms with Crippen LogP contribution in [0.4, 0.5) is 0 Å². The molecule has 1 aliphatic rings. The maximum atomic E-state index is 13.6. The third kappa shape index (κ3) is 7.03. The molecule has 0 unspecified atom stereocenters. The van der Waals surface area contributed by atoms with Crippen molar-refractivity contribution in [2.45, 2.75) is 58.5 Å². The van der Waals surface area contributed by atoms with Gasteiger partial charge in [0.15, 0.2) is 11.5 Å². The van der Waals surface area contributed by atoms with E-state index in [4.69, 9.17) is 9.47 Å². The molecule has 0 aliphatic carbocycles. The first kappa shape index (κ1) is 26.5. The van der Waals surface area contributed by atoms with E-state index in [2.05, 4.69) is 25.2 Å². The molecule has 1 aliphatic heterocycles. The van der Waals surface area contributed by atoms with Crippen LogP contribution in [0.2, 0.25) is 0 Å². The van der Waals surface area contributed by atoms with Crippen molar-refractivity contribution in [2.75, 3.05) is 33.4 Å². The summed E-state index contributed by atoms with van der Waals surface area (Å²) in [5.41, 5.74) is 0.291. The summed E-state index contributed by atoms with van der Waals surface area (Å²) in [6, 6.07) is 6.77. The predicted molar refractivity (Wildman–Crippen MR) is 142 cm³/mol. The van der Waals surface area contributed by atoms with Crippen molar-refractivity contribution in [1.82, 2.24) is 29.7 Å². The molecule has 10 nitrogen and oxygen atoms in total. The molecular formula is C27H36N6O4. The molecule has 1 saturated heterocycles. The summed E-state index contributed by atoms with van der Waals surface area (Å²) in [5.74, 6) is 0.833. The van der Waals surface area contributed by atoms with Crippen LogP contribution >= 0.6 is 0 Å². The van der Waals surface area contributed by atoms with Gasteiger partial charge in [0.1, 0.15) is 18.0 Å². The Morgan fingerprint density at radius 3 is 2.65 bits per heavy atom. The van der Waals surface area contributed by atoms with E-state index >= 15 is 0 Å². The maximum absolute atomic E-state index is 13.6. The van der Waals surface area contributed by atoms with Gasteiger partial charge < -0.3 is 19.7 Å². The van der Waals surface area contributed by atoms with E-state index in [9.17, 15) is 9.59 Å². The zero-order valence-electron chi connectivity index (χ0n) is 21.9. The Balaban J connectivity index is 1.59.